The average molecular weight is 382 g/mol. The molecule has 1 N–H and O–H groups in total. The van der Waals surface area contributed by atoms with Crippen LogP contribution in [0.25, 0.3) is 11.0 Å². The van der Waals surface area contributed by atoms with Crippen LogP contribution < -0.4 is 21.3 Å². The molecule has 0 atom stereocenters. The zero-order chi connectivity index (χ0) is 20.3. The first kappa shape index (κ1) is 19.3. The molecule has 0 aliphatic rings. The first-order chi connectivity index (χ1) is 13.4. The van der Waals surface area contributed by atoms with Crippen molar-refractivity contribution in [3.8, 4) is 5.75 Å². The molecule has 8 nitrogen and oxygen atoms in total. The van der Waals surface area contributed by atoms with Crippen molar-refractivity contribution in [1.82, 2.24) is 14.1 Å². The summed E-state index contributed by atoms with van der Waals surface area (Å²) in [5, 5.41) is 3.00. The van der Waals surface area contributed by atoms with Crippen molar-refractivity contribution < 1.29 is 9.53 Å². The Kier molecular flexibility index (Phi) is 5.58. The largest absolute Gasteiger partial charge is 0.493 e. The topological polar surface area (TPSA) is 95.2 Å². The molecule has 0 aliphatic heterocycles. The molecule has 0 spiro atoms. The molecule has 28 heavy (non-hydrogen) atoms. The SMILES string of the molecule is Cc1ccccc1OCCCC(=O)Nc1cnc2c(c1)c(=O)n(C)c(=O)n2C. The lowest BCUT2D eigenvalue weighted by atomic mass is 10.2. The number of amides is 1. The summed E-state index contributed by atoms with van der Waals surface area (Å²) in [5.74, 6) is 0.610. The lowest BCUT2D eigenvalue weighted by Crippen LogP contribution is -2.37. The highest BCUT2D eigenvalue weighted by Crippen LogP contribution is 2.16. The molecule has 2 heterocycles. The van der Waals surface area contributed by atoms with Gasteiger partial charge in [0.05, 0.1) is 23.9 Å². The third-order valence-electron chi connectivity index (χ3n) is 4.48. The van der Waals surface area contributed by atoms with Gasteiger partial charge in [0.1, 0.15) is 11.4 Å². The van der Waals surface area contributed by atoms with Gasteiger partial charge >= 0.3 is 5.69 Å². The number of rotatable bonds is 6. The fourth-order valence-electron chi connectivity index (χ4n) is 2.89. The number of anilines is 1. The molecule has 2 aromatic heterocycles. The minimum absolute atomic E-state index is 0.198. The Bertz CT molecular complexity index is 1150. The second kappa shape index (κ2) is 8.08. The fraction of sp³-hybridized carbons (Fsp3) is 0.300. The van der Waals surface area contributed by atoms with E-state index in [4.69, 9.17) is 4.74 Å². The second-order valence-corrected chi connectivity index (χ2v) is 6.57. The maximum Gasteiger partial charge on any atom is 0.332 e. The summed E-state index contributed by atoms with van der Waals surface area (Å²) in [5.41, 5.74) is 0.833. The number of hydrogen-bond acceptors (Lipinski definition) is 5. The van der Waals surface area contributed by atoms with Gasteiger partial charge in [0.25, 0.3) is 5.56 Å². The summed E-state index contributed by atoms with van der Waals surface area (Å²) < 4.78 is 7.99. The summed E-state index contributed by atoms with van der Waals surface area (Å²) in [6.45, 7) is 2.39. The molecule has 0 aliphatic carbocycles. The predicted octanol–water partition coefficient (Wildman–Crippen LogP) is 1.74. The van der Waals surface area contributed by atoms with Gasteiger partial charge in [-0.2, -0.15) is 0 Å². The van der Waals surface area contributed by atoms with Crippen LogP contribution in [0.2, 0.25) is 0 Å². The number of pyridine rings is 1. The Labute approximate surface area is 161 Å². The van der Waals surface area contributed by atoms with E-state index in [0.29, 0.717) is 18.7 Å². The number of carbonyl (C=O) groups is 1. The molecule has 146 valence electrons. The Morgan fingerprint density at radius 2 is 1.93 bits per heavy atom. The third kappa shape index (κ3) is 3.95. The van der Waals surface area contributed by atoms with E-state index in [1.54, 1.807) is 7.05 Å². The van der Waals surface area contributed by atoms with Crippen LogP contribution in [-0.2, 0) is 18.9 Å². The van der Waals surface area contributed by atoms with Gasteiger partial charge in [-0.05, 0) is 31.0 Å². The van der Waals surface area contributed by atoms with Crippen LogP contribution in [0, 0.1) is 6.92 Å². The molecular formula is C20H22N4O4. The number of nitrogens with one attached hydrogen (secondary N) is 1. The van der Waals surface area contributed by atoms with Crippen LogP contribution in [0.15, 0.2) is 46.1 Å². The van der Waals surface area contributed by atoms with Crippen molar-refractivity contribution >= 4 is 22.6 Å². The maximum atomic E-state index is 12.3. The Morgan fingerprint density at radius 3 is 2.68 bits per heavy atom. The van der Waals surface area contributed by atoms with Gasteiger partial charge in [-0.1, -0.05) is 18.2 Å². The van der Waals surface area contributed by atoms with Gasteiger partial charge in [0, 0.05) is 20.5 Å². The summed E-state index contributed by atoms with van der Waals surface area (Å²) in [6.07, 6.45) is 2.26. The standard InChI is InChI=1S/C20H22N4O4/c1-13-7-4-5-8-16(13)28-10-6-9-17(25)22-14-11-15-18(21-12-14)23(2)20(27)24(3)19(15)26/h4-5,7-8,11-12H,6,9-10H2,1-3H3,(H,22,25). The van der Waals surface area contributed by atoms with Crippen LogP contribution in [0.1, 0.15) is 18.4 Å². The monoisotopic (exact) mass is 382 g/mol. The summed E-state index contributed by atoms with van der Waals surface area (Å²) in [6, 6.07) is 9.24. The highest BCUT2D eigenvalue weighted by Gasteiger charge is 2.11. The van der Waals surface area contributed by atoms with Gasteiger partial charge in [0.2, 0.25) is 5.91 Å². The van der Waals surface area contributed by atoms with Gasteiger partial charge in [-0.25, -0.2) is 9.78 Å². The van der Waals surface area contributed by atoms with E-state index in [2.05, 4.69) is 10.3 Å². The number of carbonyl (C=O) groups excluding carboxylic acids is 1. The number of aromatic nitrogens is 3. The summed E-state index contributed by atoms with van der Waals surface area (Å²) in [4.78, 5) is 40.6. The highest BCUT2D eigenvalue weighted by molar-refractivity contribution is 5.92. The molecule has 0 unspecified atom stereocenters. The molecule has 0 radical (unpaired) electrons. The van der Waals surface area contributed by atoms with Crippen molar-refractivity contribution in [2.24, 2.45) is 14.1 Å². The lowest BCUT2D eigenvalue weighted by molar-refractivity contribution is -0.116. The van der Waals surface area contributed by atoms with Crippen molar-refractivity contribution in [1.29, 1.82) is 0 Å². The van der Waals surface area contributed by atoms with E-state index in [0.717, 1.165) is 15.9 Å². The highest BCUT2D eigenvalue weighted by atomic mass is 16.5. The van der Waals surface area contributed by atoms with Crippen molar-refractivity contribution in [2.45, 2.75) is 19.8 Å². The van der Waals surface area contributed by atoms with E-state index in [-0.39, 0.29) is 23.4 Å². The quantitative estimate of drug-likeness (QED) is 0.655. The maximum absolute atomic E-state index is 12.3. The molecule has 3 aromatic rings. The van der Waals surface area contributed by atoms with Crippen LogP contribution >= 0.6 is 0 Å². The molecule has 8 heteroatoms. The Hall–Kier alpha value is -3.42. The zero-order valence-electron chi connectivity index (χ0n) is 16.1. The first-order valence-electron chi connectivity index (χ1n) is 8.92. The van der Waals surface area contributed by atoms with Crippen LogP contribution in [0.4, 0.5) is 5.69 Å². The number of nitrogens with zero attached hydrogens (tertiary/aromatic N) is 3. The summed E-state index contributed by atoms with van der Waals surface area (Å²) in [7, 11) is 2.95. The van der Waals surface area contributed by atoms with Crippen LogP contribution in [-0.4, -0.2) is 26.6 Å². The van der Waals surface area contributed by atoms with Gasteiger partial charge in [-0.15, -0.1) is 0 Å². The average Bonchev–Trinajstić information content (AvgIpc) is 2.69. The van der Waals surface area contributed by atoms with Gasteiger partial charge in [-0.3, -0.25) is 18.7 Å². The Morgan fingerprint density at radius 1 is 1.18 bits per heavy atom. The number of ether oxygens (including phenoxy) is 1. The molecule has 1 amide bonds. The minimum atomic E-state index is -0.451. The van der Waals surface area contributed by atoms with E-state index in [1.165, 1.54) is 23.9 Å². The molecule has 0 bridgehead atoms. The van der Waals surface area contributed by atoms with Crippen molar-refractivity contribution in [2.75, 3.05) is 11.9 Å². The van der Waals surface area contributed by atoms with E-state index < -0.39 is 11.2 Å². The number of benzene rings is 1. The number of para-hydroxylation sites is 1. The van der Waals surface area contributed by atoms with Gasteiger partial charge in [0.15, 0.2) is 0 Å². The fourth-order valence-corrected chi connectivity index (χ4v) is 2.89. The summed E-state index contributed by atoms with van der Waals surface area (Å²) >= 11 is 0. The first-order valence-corrected chi connectivity index (χ1v) is 8.92. The Balaban J connectivity index is 1.63. The molecular weight excluding hydrogens is 360 g/mol. The lowest BCUT2D eigenvalue weighted by Gasteiger charge is -2.10. The van der Waals surface area contributed by atoms with E-state index >= 15 is 0 Å². The number of aryl methyl sites for hydroxylation is 2. The molecule has 0 saturated carbocycles. The second-order valence-electron chi connectivity index (χ2n) is 6.57. The van der Waals surface area contributed by atoms with Crippen LogP contribution in [0.5, 0.6) is 5.75 Å². The molecule has 1 aromatic carbocycles. The van der Waals surface area contributed by atoms with Crippen molar-refractivity contribution in [3.63, 3.8) is 0 Å². The number of hydrogen-bond donors (Lipinski definition) is 1. The molecule has 3 rings (SSSR count). The third-order valence-corrected chi connectivity index (χ3v) is 4.48. The normalized spacial score (nSPS) is 10.8. The smallest absolute Gasteiger partial charge is 0.332 e. The molecule has 0 saturated heterocycles. The van der Waals surface area contributed by atoms with Crippen molar-refractivity contribution in [3.05, 3.63) is 62.9 Å². The van der Waals surface area contributed by atoms with Gasteiger partial charge < -0.3 is 10.1 Å². The predicted molar refractivity (Wildman–Crippen MR) is 107 cm³/mol. The van der Waals surface area contributed by atoms with E-state index in [1.807, 2.05) is 31.2 Å². The molecule has 0 fully saturated rings. The van der Waals surface area contributed by atoms with E-state index in [9.17, 15) is 14.4 Å². The zero-order valence-corrected chi connectivity index (χ0v) is 16.1. The van der Waals surface area contributed by atoms with Crippen LogP contribution in [0.3, 0.4) is 0 Å². The number of fused-ring (bicyclic) bond motifs is 1. The minimum Gasteiger partial charge on any atom is -0.493 e.